The van der Waals surface area contributed by atoms with Crippen LogP contribution in [-0.4, -0.2) is 37.8 Å². The van der Waals surface area contributed by atoms with Crippen LogP contribution in [0.4, 0.5) is 0 Å². The van der Waals surface area contributed by atoms with Crippen molar-refractivity contribution < 1.29 is 0 Å². The third kappa shape index (κ3) is 2.47. The summed E-state index contributed by atoms with van der Waals surface area (Å²) in [5.74, 6) is 0. The van der Waals surface area contributed by atoms with E-state index in [0.29, 0.717) is 0 Å². The van der Waals surface area contributed by atoms with Gasteiger partial charge in [0.15, 0.2) is 0 Å². The lowest BCUT2D eigenvalue weighted by atomic mass is 10.4. The smallest absolute Gasteiger partial charge is 0.101 e. The van der Waals surface area contributed by atoms with Gasteiger partial charge in [0.05, 0.1) is 6.67 Å². The van der Waals surface area contributed by atoms with Gasteiger partial charge in [-0.25, -0.2) is 0 Å². The molecular formula is C13H20N2Si. The van der Waals surface area contributed by atoms with E-state index >= 15 is 0 Å². The number of hydrogen-bond acceptors (Lipinski definition) is 2. The molecule has 86 valence electrons. The molecule has 0 saturated heterocycles. The predicted octanol–water partition coefficient (Wildman–Crippen LogP) is 1.82. The minimum absolute atomic E-state index is 1.03. The minimum Gasteiger partial charge on any atom is -0.362 e. The molecule has 2 rings (SSSR count). The molecule has 3 heteroatoms. The van der Waals surface area contributed by atoms with E-state index in [-0.39, 0.29) is 0 Å². The second-order valence-corrected chi connectivity index (χ2v) is 9.85. The number of rotatable bonds is 3. The average molecular weight is 232 g/mol. The number of nitrogens with zero attached hydrogens (tertiary/aromatic N) is 2. The Morgan fingerprint density at radius 1 is 1.12 bits per heavy atom. The zero-order valence-corrected chi connectivity index (χ0v) is 11.4. The summed E-state index contributed by atoms with van der Waals surface area (Å²) < 4.78 is 0. The van der Waals surface area contributed by atoms with Gasteiger partial charge in [-0.15, -0.1) is 0 Å². The summed E-state index contributed by atoms with van der Waals surface area (Å²) >= 11 is 0. The molecule has 0 bridgehead atoms. The Bertz CT molecular complexity index is 373. The lowest BCUT2D eigenvalue weighted by Crippen LogP contribution is -2.50. The standard InChI is InChI=1S/C13H20N2Si/c1-14-9-10-15(11-14)12-16(2,3)13-7-5-4-6-8-13/h4-10H,11-12H2,1-3H3. The van der Waals surface area contributed by atoms with Crippen molar-refractivity contribution >= 4 is 13.3 Å². The average Bonchev–Trinajstić information content (AvgIpc) is 2.64. The van der Waals surface area contributed by atoms with E-state index in [1.807, 2.05) is 0 Å². The third-order valence-corrected chi connectivity index (χ3v) is 6.18. The van der Waals surface area contributed by atoms with Crippen LogP contribution >= 0.6 is 0 Å². The van der Waals surface area contributed by atoms with Crippen molar-refractivity contribution in [2.24, 2.45) is 0 Å². The summed E-state index contributed by atoms with van der Waals surface area (Å²) in [6, 6.07) is 10.9. The first-order valence-corrected chi connectivity index (χ1v) is 8.97. The number of hydrogen-bond donors (Lipinski definition) is 0. The van der Waals surface area contributed by atoms with Crippen molar-refractivity contribution in [1.29, 1.82) is 0 Å². The Balaban J connectivity index is 2.06. The highest BCUT2D eigenvalue weighted by Crippen LogP contribution is 2.10. The quantitative estimate of drug-likeness (QED) is 0.734. The van der Waals surface area contributed by atoms with E-state index in [1.54, 1.807) is 0 Å². The van der Waals surface area contributed by atoms with Gasteiger partial charge in [0.25, 0.3) is 0 Å². The van der Waals surface area contributed by atoms with Crippen molar-refractivity contribution in [3.63, 3.8) is 0 Å². The molecule has 0 atom stereocenters. The van der Waals surface area contributed by atoms with Gasteiger partial charge in [-0.05, 0) is 0 Å². The molecule has 0 aliphatic carbocycles. The Hall–Kier alpha value is -1.22. The Kier molecular flexibility index (Phi) is 3.05. The molecule has 1 aromatic carbocycles. The van der Waals surface area contributed by atoms with Crippen molar-refractivity contribution in [2.45, 2.75) is 13.1 Å². The Morgan fingerprint density at radius 2 is 1.81 bits per heavy atom. The maximum Gasteiger partial charge on any atom is 0.101 e. The van der Waals surface area contributed by atoms with Crippen molar-refractivity contribution in [3.05, 3.63) is 42.7 Å². The summed E-state index contributed by atoms with van der Waals surface area (Å²) in [6.45, 7) is 5.91. The van der Waals surface area contributed by atoms with Gasteiger partial charge in [-0.3, -0.25) is 0 Å². The maximum atomic E-state index is 2.44. The van der Waals surface area contributed by atoms with Gasteiger partial charge >= 0.3 is 0 Å². The van der Waals surface area contributed by atoms with Crippen molar-refractivity contribution in [2.75, 3.05) is 19.9 Å². The van der Waals surface area contributed by atoms with Gasteiger partial charge < -0.3 is 9.80 Å². The second kappa shape index (κ2) is 4.34. The fourth-order valence-corrected chi connectivity index (χ4v) is 4.68. The summed E-state index contributed by atoms with van der Waals surface area (Å²) in [6.07, 6.45) is 5.55. The minimum atomic E-state index is -1.33. The summed E-state index contributed by atoms with van der Waals surface area (Å²) in [5, 5.41) is 1.54. The topological polar surface area (TPSA) is 6.48 Å². The van der Waals surface area contributed by atoms with Gasteiger partial charge in [-0.2, -0.15) is 0 Å². The molecule has 1 aromatic rings. The lowest BCUT2D eigenvalue weighted by molar-refractivity contribution is 0.325. The van der Waals surface area contributed by atoms with E-state index in [2.05, 4.69) is 72.7 Å². The fourth-order valence-electron chi connectivity index (χ4n) is 2.18. The zero-order valence-electron chi connectivity index (χ0n) is 10.4. The SMILES string of the molecule is CN1C=CN(C[Si](C)(C)c2ccccc2)C1. The van der Waals surface area contributed by atoms with Crippen LogP contribution in [0.1, 0.15) is 0 Å². The van der Waals surface area contributed by atoms with E-state index < -0.39 is 8.07 Å². The molecule has 2 nitrogen and oxygen atoms in total. The van der Waals surface area contributed by atoms with Crippen molar-refractivity contribution in [1.82, 2.24) is 9.80 Å². The molecular weight excluding hydrogens is 212 g/mol. The third-order valence-electron chi connectivity index (χ3n) is 3.09. The van der Waals surface area contributed by atoms with E-state index in [9.17, 15) is 0 Å². The molecule has 0 fully saturated rings. The van der Waals surface area contributed by atoms with Crippen LogP contribution in [0.5, 0.6) is 0 Å². The zero-order chi connectivity index (χ0) is 11.6. The molecule has 0 N–H and O–H groups in total. The first-order chi connectivity index (χ1) is 7.58. The van der Waals surface area contributed by atoms with Gasteiger partial charge in [0, 0.05) is 25.6 Å². The molecule has 1 aliphatic rings. The molecule has 1 heterocycles. The Labute approximate surface area is 99.2 Å². The van der Waals surface area contributed by atoms with E-state index in [0.717, 1.165) is 6.67 Å². The maximum absolute atomic E-state index is 2.44. The van der Waals surface area contributed by atoms with Gasteiger partial charge in [0.2, 0.25) is 0 Å². The molecule has 0 unspecified atom stereocenters. The van der Waals surface area contributed by atoms with Gasteiger partial charge in [-0.1, -0.05) is 48.6 Å². The summed E-state index contributed by atoms with van der Waals surface area (Å²) in [5.41, 5.74) is 0. The number of benzene rings is 1. The predicted molar refractivity (Wildman–Crippen MR) is 72.0 cm³/mol. The van der Waals surface area contributed by atoms with Crippen molar-refractivity contribution in [3.8, 4) is 0 Å². The van der Waals surface area contributed by atoms with Crippen LogP contribution in [0.2, 0.25) is 13.1 Å². The van der Waals surface area contributed by atoms with E-state index in [1.165, 1.54) is 11.4 Å². The van der Waals surface area contributed by atoms with Crippen LogP contribution in [0.15, 0.2) is 42.7 Å². The molecule has 0 saturated carbocycles. The van der Waals surface area contributed by atoms with Crippen LogP contribution in [0, 0.1) is 0 Å². The molecule has 0 radical (unpaired) electrons. The Morgan fingerprint density at radius 3 is 2.38 bits per heavy atom. The molecule has 0 amide bonds. The van der Waals surface area contributed by atoms with Crippen LogP contribution in [0.3, 0.4) is 0 Å². The lowest BCUT2D eigenvalue weighted by Gasteiger charge is -2.29. The normalized spacial score (nSPS) is 15.9. The summed E-state index contributed by atoms with van der Waals surface area (Å²) in [7, 11) is 0.793. The fraction of sp³-hybridized carbons (Fsp3) is 0.385. The first kappa shape index (κ1) is 11.3. The second-order valence-electron chi connectivity index (χ2n) is 5.19. The molecule has 1 aliphatic heterocycles. The van der Waals surface area contributed by atoms with Crippen LogP contribution in [0.25, 0.3) is 0 Å². The highest BCUT2D eigenvalue weighted by molar-refractivity contribution is 6.90. The highest BCUT2D eigenvalue weighted by Gasteiger charge is 2.26. The molecule has 16 heavy (non-hydrogen) atoms. The largest absolute Gasteiger partial charge is 0.362 e. The van der Waals surface area contributed by atoms with E-state index in [4.69, 9.17) is 0 Å². The highest BCUT2D eigenvalue weighted by atomic mass is 28.3. The molecule has 0 spiro atoms. The molecule has 0 aromatic heterocycles. The van der Waals surface area contributed by atoms with Gasteiger partial charge in [0.1, 0.15) is 8.07 Å². The first-order valence-electron chi connectivity index (χ1n) is 5.76. The van der Waals surface area contributed by atoms with Crippen LogP contribution < -0.4 is 5.19 Å². The van der Waals surface area contributed by atoms with Crippen LogP contribution in [-0.2, 0) is 0 Å². The summed E-state index contributed by atoms with van der Waals surface area (Å²) in [4.78, 5) is 4.63. The monoisotopic (exact) mass is 232 g/mol.